The molecule has 5 nitrogen and oxygen atoms in total. The van der Waals surface area contributed by atoms with Crippen LogP contribution < -0.4 is 5.73 Å². The lowest BCUT2D eigenvalue weighted by molar-refractivity contribution is 0.0526. The number of ether oxygens (including phenoxy) is 1. The number of nitrogens with two attached hydrogens (primary N) is 1. The Bertz CT molecular complexity index is 344. The summed E-state index contributed by atoms with van der Waals surface area (Å²) in [4.78, 5) is 11.4. The van der Waals surface area contributed by atoms with Gasteiger partial charge >= 0.3 is 5.97 Å². The molecule has 84 valence electrons. The number of rotatable bonds is 4. The Morgan fingerprint density at radius 1 is 1.67 bits per heavy atom. The van der Waals surface area contributed by atoms with Gasteiger partial charge in [-0.05, 0) is 20.8 Å². The second-order valence-corrected chi connectivity index (χ2v) is 3.91. The highest BCUT2D eigenvalue weighted by molar-refractivity contribution is 5.88. The maximum absolute atomic E-state index is 11.4. The van der Waals surface area contributed by atoms with Crippen molar-refractivity contribution in [2.45, 2.75) is 26.3 Å². The van der Waals surface area contributed by atoms with Crippen molar-refractivity contribution in [1.82, 2.24) is 9.78 Å². The molecule has 0 amide bonds. The van der Waals surface area contributed by atoms with Gasteiger partial charge < -0.3 is 10.5 Å². The minimum atomic E-state index is -0.350. The van der Waals surface area contributed by atoms with Gasteiger partial charge in [0, 0.05) is 12.7 Å². The molecule has 15 heavy (non-hydrogen) atoms. The summed E-state index contributed by atoms with van der Waals surface area (Å²) in [5.41, 5.74) is 5.78. The van der Waals surface area contributed by atoms with E-state index in [0.29, 0.717) is 18.7 Å². The van der Waals surface area contributed by atoms with Gasteiger partial charge in [0.15, 0.2) is 0 Å². The second-order valence-electron chi connectivity index (χ2n) is 3.91. The molecule has 0 spiro atoms. The average molecular weight is 211 g/mol. The van der Waals surface area contributed by atoms with Crippen LogP contribution in [0.2, 0.25) is 0 Å². The molecule has 0 radical (unpaired) electrons. The van der Waals surface area contributed by atoms with Crippen LogP contribution in [0, 0.1) is 0 Å². The highest BCUT2D eigenvalue weighted by Gasteiger charge is 2.20. The van der Waals surface area contributed by atoms with Crippen LogP contribution in [-0.4, -0.2) is 28.9 Å². The lowest BCUT2D eigenvalue weighted by Gasteiger charge is -2.22. The van der Waals surface area contributed by atoms with Gasteiger partial charge in [-0.1, -0.05) is 0 Å². The molecule has 0 atom stereocenters. The van der Waals surface area contributed by atoms with Crippen molar-refractivity contribution in [3.05, 3.63) is 18.0 Å². The highest BCUT2D eigenvalue weighted by Crippen LogP contribution is 2.13. The molecule has 1 rings (SSSR count). The molecule has 0 saturated heterocycles. The smallest absolute Gasteiger partial charge is 0.341 e. The summed E-state index contributed by atoms with van der Waals surface area (Å²) in [5.74, 6) is -0.350. The third-order valence-electron chi connectivity index (χ3n) is 2.21. The Kier molecular flexibility index (Phi) is 3.47. The third kappa shape index (κ3) is 2.56. The van der Waals surface area contributed by atoms with Crippen molar-refractivity contribution in [3.63, 3.8) is 0 Å². The predicted molar refractivity (Wildman–Crippen MR) is 56.6 cm³/mol. The zero-order valence-electron chi connectivity index (χ0n) is 9.36. The van der Waals surface area contributed by atoms with E-state index >= 15 is 0 Å². The van der Waals surface area contributed by atoms with E-state index in [2.05, 4.69) is 5.10 Å². The fraction of sp³-hybridized carbons (Fsp3) is 0.600. The Morgan fingerprint density at radius 2 is 2.33 bits per heavy atom. The van der Waals surface area contributed by atoms with Crippen LogP contribution in [0.15, 0.2) is 12.4 Å². The standard InChI is InChI=1S/C10H17N3O2/c1-4-15-9(14)8-5-12-13(6-8)10(2,3)7-11/h5-6H,4,7,11H2,1-3H3. The van der Waals surface area contributed by atoms with E-state index in [9.17, 15) is 4.79 Å². The zero-order chi connectivity index (χ0) is 11.5. The number of carbonyl (C=O) groups excluding carboxylic acids is 1. The Hall–Kier alpha value is -1.36. The number of esters is 1. The summed E-state index contributed by atoms with van der Waals surface area (Å²) < 4.78 is 6.54. The first kappa shape index (κ1) is 11.7. The quantitative estimate of drug-likeness (QED) is 0.746. The maximum Gasteiger partial charge on any atom is 0.341 e. The molecule has 2 N–H and O–H groups in total. The van der Waals surface area contributed by atoms with Crippen LogP contribution in [0.3, 0.4) is 0 Å². The van der Waals surface area contributed by atoms with Gasteiger partial charge in [0.2, 0.25) is 0 Å². The van der Waals surface area contributed by atoms with Gasteiger partial charge in [0.1, 0.15) is 0 Å². The molecular formula is C10H17N3O2. The molecule has 5 heteroatoms. The van der Waals surface area contributed by atoms with Gasteiger partial charge in [0.25, 0.3) is 0 Å². The maximum atomic E-state index is 11.4. The first-order valence-electron chi connectivity index (χ1n) is 4.93. The van der Waals surface area contributed by atoms with E-state index in [1.54, 1.807) is 17.8 Å². The van der Waals surface area contributed by atoms with Gasteiger partial charge in [-0.3, -0.25) is 4.68 Å². The number of hydrogen-bond acceptors (Lipinski definition) is 4. The fourth-order valence-corrected chi connectivity index (χ4v) is 1.07. The van der Waals surface area contributed by atoms with Gasteiger partial charge in [-0.15, -0.1) is 0 Å². The van der Waals surface area contributed by atoms with Gasteiger partial charge in [-0.2, -0.15) is 5.10 Å². The molecular weight excluding hydrogens is 194 g/mol. The van der Waals surface area contributed by atoms with Crippen LogP contribution in [-0.2, 0) is 10.3 Å². The first-order chi connectivity index (χ1) is 7.01. The van der Waals surface area contributed by atoms with Crippen LogP contribution in [0.5, 0.6) is 0 Å². The number of aromatic nitrogens is 2. The minimum absolute atomic E-state index is 0.287. The lowest BCUT2D eigenvalue weighted by atomic mass is 10.1. The molecule has 0 fully saturated rings. The van der Waals surface area contributed by atoms with E-state index in [1.807, 2.05) is 13.8 Å². The number of carbonyl (C=O) groups is 1. The number of nitrogens with zero attached hydrogens (tertiary/aromatic N) is 2. The monoisotopic (exact) mass is 211 g/mol. The molecule has 1 heterocycles. The normalized spacial score (nSPS) is 11.5. The zero-order valence-corrected chi connectivity index (χ0v) is 9.36. The Morgan fingerprint density at radius 3 is 2.87 bits per heavy atom. The van der Waals surface area contributed by atoms with Crippen molar-refractivity contribution >= 4 is 5.97 Å². The average Bonchev–Trinajstić information content (AvgIpc) is 2.67. The minimum Gasteiger partial charge on any atom is -0.462 e. The SMILES string of the molecule is CCOC(=O)c1cnn(C(C)(C)CN)c1. The van der Waals surface area contributed by atoms with Crippen LogP contribution >= 0.6 is 0 Å². The fourth-order valence-electron chi connectivity index (χ4n) is 1.07. The van der Waals surface area contributed by atoms with E-state index in [0.717, 1.165) is 0 Å². The highest BCUT2D eigenvalue weighted by atomic mass is 16.5. The van der Waals surface area contributed by atoms with Crippen molar-refractivity contribution in [3.8, 4) is 0 Å². The predicted octanol–water partition coefficient (Wildman–Crippen LogP) is 0.754. The number of hydrogen-bond donors (Lipinski definition) is 1. The molecule has 0 aliphatic heterocycles. The largest absolute Gasteiger partial charge is 0.462 e. The molecule has 1 aromatic rings. The van der Waals surface area contributed by atoms with Gasteiger partial charge in [0.05, 0.1) is 23.9 Å². The van der Waals surface area contributed by atoms with Crippen LogP contribution in [0.1, 0.15) is 31.1 Å². The first-order valence-corrected chi connectivity index (χ1v) is 4.93. The summed E-state index contributed by atoms with van der Waals surface area (Å²) in [7, 11) is 0. The summed E-state index contributed by atoms with van der Waals surface area (Å²) in [6.07, 6.45) is 3.15. The van der Waals surface area contributed by atoms with Crippen molar-refractivity contribution in [2.24, 2.45) is 5.73 Å². The summed E-state index contributed by atoms with van der Waals surface area (Å²) in [5, 5.41) is 4.10. The lowest BCUT2D eigenvalue weighted by Crippen LogP contribution is -2.35. The molecule has 0 bridgehead atoms. The second kappa shape index (κ2) is 4.44. The summed E-state index contributed by atoms with van der Waals surface area (Å²) in [6.45, 7) is 6.50. The molecule has 1 aromatic heterocycles. The summed E-state index contributed by atoms with van der Waals surface area (Å²) >= 11 is 0. The van der Waals surface area contributed by atoms with Gasteiger partial charge in [-0.25, -0.2) is 4.79 Å². The van der Waals surface area contributed by atoms with E-state index < -0.39 is 0 Å². The van der Waals surface area contributed by atoms with Crippen molar-refractivity contribution < 1.29 is 9.53 Å². The molecule has 0 saturated carbocycles. The summed E-state index contributed by atoms with van der Waals surface area (Å²) in [6, 6.07) is 0. The molecule has 0 aliphatic carbocycles. The van der Waals surface area contributed by atoms with Crippen molar-refractivity contribution in [1.29, 1.82) is 0 Å². The topological polar surface area (TPSA) is 70.1 Å². The van der Waals surface area contributed by atoms with Crippen LogP contribution in [0.4, 0.5) is 0 Å². The molecule has 0 aliphatic rings. The third-order valence-corrected chi connectivity index (χ3v) is 2.21. The Balaban J connectivity index is 2.85. The molecule has 0 aromatic carbocycles. The molecule has 0 unspecified atom stereocenters. The van der Waals surface area contributed by atoms with Crippen molar-refractivity contribution in [2.75, 3.05) is 13.2 Å². The van der Waals surface area contributed by atoms with E-state index in [1.165, 1.54) is 6.20 Å². The van der Waals surface area contributed by atoms with E-state index in [-0.39, 0.29) is 11.5 Å². The Labute approximate surface area is 89.2 Å². The van der Waals surface area contributed by atoms with Crippen LogP contribution in [0.25, 0.3) is 0 Å². The van der Waals surface area contributed by atoms with E-state index in [4.69, 9.17) is 10.5 Å².